The number of nitrogens with one attached hydrogen (secondary N) is 1. The lowest BCUT2D eigenvalue weighted by molar-refractivity contribution is 0.208. The van der Waals surface area contributed by atoms with Gasteiger partial charge in [0.25, 0.3) is 0 Å². The van der Waals surface area contributed by atoms with E-state index in [0.717, 1.165) is 11.3 Å². The summed E-state index contributed by atoms with van der Waals surface area (Å²) in [6.45, 7) is 2.81. The maximum Gasteiger partial charge on any atom is 0.243 e. The van der Waals surface area contributed by atoms with E-state index in [1.807, 2.05) is 0 Å². The standard InChI is InChI=1S/C8H11Cl2NO3S2/c1-8(2,4-12)11-16(13,14)5-3-6(9)15-7(5)10/h3,11-12H,4H2,1-2H3. The quantitative estimate of drug-likeness (QED) is 0.895. The van der Waals surface area contributed by atoms with Gasteiger partial charge in [0, 0.05) is 0 Å². The SMILES string of the molecule is CC(C)(CO)NS(=O)(=O)c1cc(Cl)sc1Cl. The van der Waals surface area contributed by atoms with E-state index in [4.69, 9.17) is 28.3 Å². The molecule has 0 bridgehead atoms. The van der Waals surface area contributed by atoms with Crippen molar-refractivity contribution in [3.8, 4) is 0 Å². The van der Waals surface area contributed by atoms with Crippen molar-refractivity contribution in [1.82, 2.24) is 4.72 Å². The molecule has 0 radical (unpaired) electrons. The van der Waals surface area contributed by atoms with Crippen LogP contribution in [-0.4, -0.2) is 25.7 Å². The second kappa shape index (κ2) is 4.80. The second-order valence-electron chi connectivity index (χ2n) is 3.84. The molecule has 0 amide bonds. The van der Waals surface area contributed by atoms with E-state index in [-0.39, 0.29) is 15.8 Å². The zero-order valence-electron chi connectivity index (χ0n) is 8.62. The average Bonchev–Trinajstić information content (AvgIpc) is 2.44. The van der Waals surface area contributed by atoms with Crippen molar-refractivity contribution in [2.45, 2.75) is 24.3 Å². The van der Waals surface area contributed by atoms with Gasteiger partial charge in [0.05, 0.1) is 16.5 Å². The molecular formula is C8H11Cl2NO3S2. The van der Waals surface area contributed by atoms with Gasteiger partial charge in [-0.2, -0.15) is 0 Å². The Morgan fingerprint density at radius 1 is 1.50 bits per heavy atom. The lowest BCUT2D eigenvalue weighted by Crippen LogP contribution is -2.46. The first-order valence-electron chi connectivity index (χ1n) is 4.27. The highest BCUT2D eigenvalue weighted by Gasteiger charge is 2.28. The van der Waals surface area contributed by atoms with Crippen LogP contribution in [0.4, 0.5) is 0 Å². The summed E-state index contributed by atoms with van der Waals surface area (Å²) < 4.78 is 26.5. The van der Waals surface area contributed by atoms with Crippen molar-refractivity contribution in [2.24, 2.45) is 0 Å². The minimum absolute atomic E-state index is 0.0642. The molecule has 4 nitrogen and oxygen atoms in total. The van der Waals surface area contributed by atoms with Crippen molar-refractivity contribution in [1.29, 1.82) is 0 Å². The number of aliphatic hydroxyl groups is 1. The molecule has 0 aliphatic carbocycles. The van der Waals surface area contributed by atoms with Crippen molar-refractivity contribution >= 4 is 44.6 Å². The zero-order chi connectivity index (χ0) is 12.6. The normalized spacial score (nSPS) is 13.1. The molecule has 0 aliphatic rings. The van der Waals surface area contributed by atoms with Crippen LogP contribution in [0, 0.1) is 0 Å². The summed E-state index contributed by atoms with van der Waals surface area (Å²) in [7, 11) is -3.76. The fourth-order valence-electron chi connectivity index (χ4n) is 0.959. The molecule has 0 saturated carbocycles. The first-order chi connectivity index (χ1) is 7.18. The van der Waals surface area contributed by atoms with Gasteiger partial charge in [-0.3, -0.25) is 0 Å². The lowest BCUT2D eigenvalue weighted by atomic mass is 10.1. The van der Waals surface area contributed by atoms with E-state index in [1.54, 1.807) is 13.8 Å². The van der Waals surface area contributed by atoms with E-state index in [9.17, 15) is 8.42 Å². The second-order valence-corrected chi connectivity index (χ2v) is 7.77. The Balaban J connectivity index is 3.09. The molecule has 0 aromatic carbocycles. The van der Waals surface area contributed by atoms with Crippen molar-refractivity contribution in [2.75, 3.05) is 6.61 Å². The Labute approximate surface area is 108 Å². The van der Waals surface area contributed by atoms with Gasteiger partial charge >= 0.3 is 0 Å². The van der Waals surface area contributed by atoms with E-state index in [0.29, 0.717) is 4.34 Å². The highest BCUT2D eigenvalue weighted by molar-refractivity contribution is 7.89. The zero-order valence-corrected chi connectivity index (χ0v) is 11.8. The first kappa shape index (κ1) is 14.2. The monoisotopic (exact) mass is 303 g/mol. The van der Waals surface area contributed by atoms with Crippen LogP contribution < -0.4 is 4.72 Å². The first-order valence-corrected chi connectivity index (χ1v) is 7.33. The Kier molecular flexibility index (Phi) is 4.26. The van der Waals surface area contributed by atoms with Crippen LogP contribution in [0.25, 0.3) is 0 Å². The Morgan fingerprint density at radius 3 is 2.44 bits per heavy atom. The highest BCUT2D eigenvalue weighted by atomic mass is 35.5. The molecule has 8 heteroatoms. The summed E-state index contributed by atoms with van der Waals surface area (Å²) in [5.74, 6) is 0. The fraction of sp³-hybridized carbons (Fsp3) is 0.500. The highest BCUT2D eigenvalue weighted by Crippen LogP contribution is 2.34. The third kappa shape index (κ3) is 3.32. The average molecular weight is 304 g/mol. The molecule has 1 rings (SSSR count). The van der Waals surface area contributed by atoms with Crippen LogP contribution in [0.1, 0.15) is 13.8 Å². The number of aliphatic hydroxyl groups excluding tert-OH is 1. The smallest absolute Gasteiger partial charge is 0.243 e. The topological polar surface area (TPSA) is 66.4 Å². The number of sulfonamides is 1. The van der Waals surface area contributed by atoms with Gasteiger partial charge in [0.2, 0.25) is 10.0 Å². The summed E-state index contributed by atoms with van der Waals surface area (Å²) in [6.07, 6.45) is 0. The van der Waals surface area contributed by atoms with E-state index in [2.05, 4.69) is 4.72 Å². The Morgan fingerprint density at radius 2 is 2.06 bits per heavy atom. The van der Waals surface area contributed by atoms with Gasteiger partial charge < -0.3 is 5.11 Å². The van der Waals surface area contributed by atoms with Gasteiger partial charge in [-0.25, -0.2) is 13.1 Å². The maximum atomic E-state index is 11.9. The van der Waals surface area contributed by atoms with Gasteiger partial charge in [-0.1, -0.05) is 23.2 Å². The molecule has 0 saturated heterocycles. The number of rotatable bonds is 4. The van der Waals surface area contributed by atoms with Crippen LogP contribution in [0.2, 0.25) is 8.67 Å². The van der Waals surface area contributed by atoms with E-state index >= 15 is 0 Å². The van der Waals surface area contributed by atoms with Crippen molar-refractivity contribution in [3.05, 3.63) is 14.7 Å². The summed E-state index contributed by atoms with van der Waals surface area (Å²) in [5.41, 5.74) is -0.948. The molecule has 1 heterocycles. The van der Waals surface area contributed by atoms with Crippen molar-refractivity contribution < 1.29 is 13.5 Å². The Hall–Kier alpha value is 0.150. The van der Waals surface area contributed by atoms with Crippen LogP contribution >= 0.6 is 34.5 Å². The maximum absolute atomic E-state index is 11.9. The van der Waals surface area contributed by atoms with Crippen molar-refractivity contribution in [3.63, 3.8) is 0 Å². The van der Waals surface area contributed by atoms with Gasteiger partial charge in [-0.05, 0) is 19.9 Å². The van der Waals surface area contributed by atoms with Gasteiger partial charge in [0.15, 0.2) is 0 Å². The van der Waals surface area contributed by atoms with Crippen LogP contribution in [0.15, 0.2) is 11.0 Å². The van der Waals surface area contributed by atoms with Gasteiger partial charge in [-0.15, -0.1) is 11.3 Å². The van der Waals surface area contributed by atoms with Gasteiger partial charge in [0.1, 0.15) is 9.23 Å². The molecule has 92 valence electrons. The molecule has 0 fully saturated rings. The van der Waals surface area contributed by atoms with E-state index in [1.165, 1.54) is 6.07 Å². The summed E-state index contributed by atoms with van der Waals surface area (Å²) >= 11 is 12.4. The molecule has 0 spiro atoms. The number of thiophene rings is 1. The number of hydrogen-bond donors (Lipinski definition) is 2. The molecule has 1 aromatic rings. The van der Waals surface area contributed by atoms with Crippen LogP contribution in [-0.2, 0) is 10.0 Å². The van der Waals surface area contributed by atoms with Crippen LogP contribution in [0.3, 0.4) is 0 Å². The Bertz CT molecular complexity index is 481. The predicted molar refractivity (Wildman–Crippen MR) is 65.8 cm³/mol. The molecule has 0 atom stereocenters. The van der Waals surface area contributed by atoms with Crippen LogP contribution in [0.5, 0.6) is 0 Å². The third-order valence-corrected chi connectivity index (χ3v) is 5.17. The molecule has 0 unspecified atom stereocenters. The minimum atomic E-state index is -3.76. The minimum Gasteiger partial charge on any atom is -0.394 e. The third-order valence-electron chi connectivity index (χ3n) is 1.72. The molecule has 16 heavy (non-hydrogen) atoms. The fourth-order valence-corrected chi connectivity index (χ4v) is 4.51. The summed E-state index contributed by atoms with van der Waals surface area (Å²) in [5, 5.41) is 9.00. The van der Waals surface area contributed by atoms with E-state index < -0.39 is 15.6 Å². The summed E-state index contributed by atoms with van der Waals surface area (Å²) in [4.78, 5) is -0.0642. The summed E-state index contributed by atoms with van der Waals surface area (Å²) in [6, 6.07) is 1.28. The molecule has 2 N–H and O–H groups in total. The lowest BCUT2D eigenvalue weighted by Gasteiger charge is -2.22. The largest absolute Gasteiger partial charge is 0.394 e. The molecule has 0 aliphatic heterocycles. The molecular weight excluding hydrogens is 293 g/mol. The molecule has 1 aromatic heterocycles. The number of halogens is 2. The number of hydrogen-bond acceptors (Lipinski definition) is 4. The predicted octanol–water partition coefficient (Wildman–Crippen LogP) is 2.10.